The second-order valence-corrected chi connectivity index (χ2v) is 8.36. The summed E-state index contributed by atoms with van der Waals surface area (Å²) in [6.45, 7) is 0. The van der Waals surface area contributed by atoms with Crippen molar-refractivity contribution in [2.24, 2.45) is 0 Å². The third-order valence-electron chi connectivity index (χ3n) is 5.83. The fourth-order valence-electron chi connectivity index (χ4n) is 3.99. The van der Waals surface area contributed by atoms with E-state index in [1.165, 1.54) is 14.2 Å². The molecular formula is C27H27N3O6. The molecule has 4 bridgehead atoms. The summed E-state index contributed by atoms with van der Waals surface area (Å²) in [6, 6.07) is 17.0. The number of amides is 2. The van der Waals surface area contributed by atoms with Crippen molar-refractivity contribution in [2.75, 3.05) is 20.0 Å². The first-order valence-corrected chi connectivity index (χ1v) is 11.3. The number of ether oxygens (including phenoxy) is 3. The van der Waals surface area contributed by atoms with Crippen molar-refractivity contribution in [2.45, 2.75) is 24.9 Å². The van der Waals surface area contributed by atoms with Crippen LogP contribution in [-0.4, -0.2) is 38.0 Å². The van der Waals surface area contributed by atoms with E-state index in [2.05, 4.69) is 10.6 Å². The van der Waals surface area contributed by atoms with Gasteiger partial charge < -0.3 is 30.6 Å². The Hall–Kier alpha value is -4.53. The lowest BCUT2D eigenvalue weighted by Gasteiger charge is -2.24. The number of nitrogens with two attached hydrogens (primary N) is 1. The number of nitrogens with one attached hydrogen (secondary N) is 2. The lowest BCUT2D eigenvalue weighted by molar-refractivity contribution is -0.145. The Morgan fingerprint density at radius 2 is 1.78 bits per heavy atom. The third-order valence-corrected chi connectivity index (χ3v) is 5.83. The number of benzene rings is 3. The van der Waals surface area contributed by atoms with E-state index in [0.717, 1.165) is 5.56 Å². The number of anilines is 1. The molecule has 0 fully saturated rings. The van der Waals surface area contributed by atoms with Crippen LogP contribution in [0.15, 0.2) is 66.7 Å². The average molecular weight is 490 g/mol. The first-order chi connectivity index (χ1) is 17.4. The zero-order chi connectivity index (χ0) is 25.7. The predicted molar refractivity (Wildman–Crippen MR) is 133 cm³/mol. The van der Waals surface area contributed by atoms with Crippen molar-refractivity contribution < 1.29 is 28.6 Å². The maximum absolute atomic E-state index is 13.4. The molecule has 0 aromatic heterocycles. The van der Waals surface area contributed by atoms with Crippen LogP contribution in [0, 0.1) is 0 Å². The monoisotopic (exact) mass is 489 g/mol. The molecule has 9 nitrogen and oxygen atoms in total. The van der Waals surface area contributed by atoms with E-state index >= 15 is 0 Å². The largest absolute Gasteiger partial charge is 0.497 e. The summed E-state index contributed by atoms with van der Waals surface area (Å²) in [7, 11) is 2.72. The summed E-state index contributed by atoms with van der Waals surface area (Å²) in [5.41, 5.74) is 8.31. The van der Waals surface area contributed by atoms with Gasteiger partial charge in [-0.15, -0.1) is 0 Å². The second kappa shape index (κ2) is 10.8. The molecule has 0 aliphatic carbocycles. The minimum absolute atomic E-state index is 0.0641. The molecule has 0 saturated heterocycles. The lowest BCUT2D eigenvalue weighted by atomic mass is 10.0. The van der Waals surface area contributed by atoms with Crippen molar-refractivity contribution >= 4 is 23.5 Å². The van der Waals surface area contributed by atoms with Gasteiger partial charge in [-0.25, -0.2) is 4.79 Å². The van der Waals surface area contributed by atoms with Gasteiger partial charge in [-0.3, -0.25) is 9.59 Å². The Morgan fingerprint density at radius 3 is 2.50 bits per heavy atom. The van der Waals surface area contributed by atoms with Crippen LogP contribution in [0.1, 0.15) is 22.7 Å². The molecule has 36 heavy (non-hydrogen) atoms. The number of carbonyl (C=O) groups excluding carboxylic acids is 3. The maximum atomic E-state index is 13.4. The Labute approximate surface area is 208 Å². The second-order valence-electron chi connectivity index (χ2n) is 8.36. The van der Waals surface area contributed by atoms with Gasteiger partial charge in [-0.1, -0.05) is 30.3 Å². The van der Waals surface area contributed by atoms with E-state index in [1.807, 2.05) is 30.3 Å². The average Bonchev–Trinajstić information content (AvgIpc) is 2.88. The fourth-order valence-corrected chi connectivity index (χ4v) is 3.99. The van der Waals surface area contributed by atoms with Crippen LogP contribution in [0.25, 0.3) is 0 Å². The molecule has 1 aliphatic heterocycles. The molecule has 186 valence electrons. The molecule has 0 spiro atoms. The molecule has 4 N–H and O–H groups in total. The van der Waals surface area contributed by atoms with Gasteiger partial charge in [-0.05, 0) is 47.0 Å². The third kappa shape index (κ3) is 5.75. The number of methoxy groups -OCH3 is 2. The molecule has 3 aromatic carbocycles. The molecule has 3 aromatic rings. The first kappa shape index (κ1) is 24.6. The topological polar surface area (TPSA) is 129 Å². The van der Waals surface area contributed by atoms with E-state index in [4.69, 9.17) is 19.9 Å². The quantitative estimate of drug-likeness (QED) is 0.380. The molecular weight excluding hydrogens is 462 g/mol. The summed E-state index contributed by atoms with van der Waals surface area (Å²) in [4.78, 5) is 39.2. The van der Waals surface area contributed by atoms with Crippen LogP contribution in [0.5, 0.6) is 17.2 Å². The van der Waals surface area contributed by atoms with Crippen LogP contribution >= 0.6 is 0 Å². The van der Waals surface area contributed by atoms with E-state index < -0.39 is 29.9 Å². The summed E-state index contributed by atoms with van der Waals surface area (Å²) in [5, 5.41) is 5.52. The van der Waals surface area contributed by atoms with Gasteiger partial charge in [0.2, 0.25) is 11.8 Å². The number of esters is 1. The highest BCUT2D eigenvalue weighted by Crippen LogP contribution is 2.32. The van der Waals surface area contributed by atoms with Gasteiger partial charge in [-0.2, -0.15) is 0 Å². The number of hydrogen-bond acceptors (Lipinski definition) is 7. The van der Waals surface area contributed by atoms with Crippen LogP contribution < -0.4 is 25.8 Å². The number of hydrogen-bond donors (Lipinski definition) is 3. The number of nitrogen functional groups attached to an aromatic ring is 1. The molecule has 2 atom stereocenters. The molecule has 0 radical (unpaired) electrons. The minimum Gasteiger partial charge on any atom is -0.497 e. The Kier molecular flexibility index (Phi) is 7.39. The van der Waals surface area contributed by atoms with Gasteiger partial charge in [0.25, 0.3) is 0 Å². The zero-order valence-corrected chi connectivity index (χ0v) is 19.9. The van der Waals surface area contributed by atoms with Gasteiger partial charge in [0, 0.05) is 18.2 Å². The number of carbonyl (C=O) groups is 3. The summed E-state index contributed by atoms with van der Waals surface area (Å²) >= 11 is 0. The highest BCUT2D eigenvalue weighted by Gasteiger charge is 2.30. The molecule has 1 aliphatic rings. The van der Waals surface area contributed by atoms with E-state index in [-0.39, 0.29) is 12.8 Å². The number of rotatable bonds is 4. The van der Waals surface area contributed by atoms with Crippen molar-refractivity contribution in [1.29, 1.82) is 0 Å². The van der Waals surface area contributed by atoms with Gasteiger partial charge in [0.05, 0.1) is 20.6 Å². The van der Waals surface area contributed by atoms with E-state index in [9.17, 15) is 14.4 Å². The van der Waals surface area contributed by atoms with Crippen LogP contribution in [0.2, 0.25) is 0 Å². The molecule has 4 rings (SSSR count). The first-order valence-electron chi connectivity index (χ1n) is 11.3. The van der Waals surface area contributed by atoms with Crippen LogP contribution in [0.3, 0.4) is 0 Å². The Balaban J connectivity index is 1.81. The minimum atomic E-state index is -1.17. The van der Waals surface area contributed by atoms with Crippen molar-refractivity contribution in [3.05, 3.63) is 83.4 Å². The van der Waals surface area contributed by atoms with Crippen molar-refractivity contribution in [3.63, 3.8) is 0 Å². The highest BCUT2D eigenvalue weighted by atomic mass is 16.5. The lowest BCUT2D eigenvalue weighted by Crippen LogP contribution is -2.50. The van der Waals surface area contributed by atoms with Crippen molar-refractivity contribution in [3.8, 4) is 17.2 Å². The molecule has 0 unspecified atom stereocenters. The van der Waals surface area contributed by atoms with Crippen molar-refractivity contribution in [1.82, 2.24) is 10.6 Å². The molecule has 2 amide bonds. The molecule has 9 heteroatoms. The summed E-state index contributed by atoms with van der Waals surface area (Å²) < 4.78 is 16.4. The Morgan fingerprint density at radius 1 is 1.00 bits per heavy atom. The highest BCUT2D eigenvalue weighted by molar-refractivity contribution is 5.92. The van der Waals surface area contributed by atoms with E-state index in [1.54, 1.807) is 36.4 Å². The van der Waals surface area contributed by atoms with Crippen LogP contribution in [0.4, 0.5) is 5.69 Å². The Bertz CT molecular complexity index is 1280. The molecule has 1 heterocycles. The standard InChI is InChI=1S/C27H27N3O6/c1-34-20-12-18-13-21(15-20)36-19-8-9-22(28)17(11-19)14-24(31)29-23(10-16-6-4-3-5-7-16)26(32)30-25(18)27(33)35-2/h3-9,11-13,15,23,25H,10,14,28H2,1-2H3,(H,29,31)(H,30,32)/t23-,25+/m1/s1. The normalized spacial score (nSPS) is 17.6. The number of fused-ring (bicyclic) bond motifs is 4. The van der Waals surface area contributed by atoms with Gasteiger partial charge in [0.15, 0.2) is 6.04 Å². The smallest absolute Gasteiger partial charge is 0.333 e. The van der Waals surface area contributed by atoms with Gasteiger partial charge >= 0.3 is 5.97 Å². The molecule has 0 saturated carbocycles. The predicted octanol–water partition coefficient (Wildman–Crippen LogP) is 2.68. The van der Waals surface area contributed by atoms with Gasteiger partial charge in [0.1, 0.15) is 23.3 Å². The maximum Gasteiger partial charge on any atom is 0.333 e. The van der Waals surface area contributed by atoms with Crippen LogP contribution in [-0.2, 0) is 32.0 Å². The van der Waals surface area contributed by atoms with E-state index in [0.29, 0.717) is 34.1 Å². The zero-order valence-electron chi connectivity index (χ0n) is 19.9. The fraction of sp³-hybridized carbons (Fsp3) is 0.222. The summed E-state index contributed by atoms with van der Waals surface area (Å²) in [5.74, 6) is -0.404. The SMILES string of the molecule is COC(=O)[C@H]1NC(=O)[C@@H](Cc2ccccc2)NC(=O)Cc2cc(ccc2N)Oc2cc(OC)cc1c2. The summed E-state index contributed by atoms with van der Waals surface area (Å²) in [6.07, 6.45) is 0.152.